The number of benzene rings is 2. The van der Waals surface area contributed by atoms with Crippen molar-refractivity contribution in [2.75, 3.05) is 11.9 Å². The van der Waals surface area contributed by atoms with E-state index in [-0.39, 0.29) is 11.4 Å². The Morgan fingerprint density at radius 1 is 1.10 bits per heavy atom. The van der Waals surface area contributed by atoms with Crippen LogP contribution < -0.4 is 5.32 Å². The van der Waals surface area contributed by atoms with E-state index >= 15 is 0 Å². The third kappa shape index (κ3) is 4.89. The third-order valence-corrected chi connectivity index (χ3v) is 5.62. The van der Waals surface area contributed by atoms with Gasteiger partial charge >= 0.3 is 5.97 Å². The lowest BCUT2D eigenvalue weighted by Crippen LogP contribution is -2.22. The molecule has 4 rings (SSSR count). The summed E-state index contributed by atoms with van der Waals surface area (Å²) in [4.78, 5) is 25.8. The van der Waals surface area contributed by atoms with Gasteiger partial charge in [-0.1, -0.05) is 40.2 Å². The van der Waals surface area contributed by atoms with Gasteiger partial charge in [-0.2, -0.15) is 5.10 Å². The highest BCUT2D eigenvalue weighted by molar-refractivity contribution is 9.10. The number of carbonyl (C=O) groups excluding carboxylic acids is 2. The number of hydrogen-bond acceptors (Lipinski definition) is 5. The normalized spacial score (nSPS) is 10.6. The van der Waals surface area contributed by atoms with Gasteiger partial charge in [0, 0.05) is 10.5 Å². The molecule has 2 heterocycles. The number of esters is 1. The molecule has 0 aliphatic carbocycles. The van der Waals surface area contributed by atoms with Crippen molar-refractivity contribution in [3.8, 4) is 16.3 Å². The van der Waals surface area contributed by atoms with Crippen LogP contribution in [-0.2, 0) is 9.53 Å². The van der Waals surface area contributed by atoms with Crippen LogP contribution in [0.25, 0.3) is 16.3 Å². The zero-order chi connectivity index (χ0) is 21.8. The minimum Gasteiger partial charge on any atom is -0.451 e. The highest BCUT2D eigenvalue weighted by atomic mass is 79.9. The lowest BCUT2D eigenvalue weighted by Gasteiger charge is -2.09. The first-order chi connectivity index (χ1) is 15.0. The average molecular weight is 500 g/mol. The zero-order valence-electron chi connectivity index (χ0n) is 15.9. The van der Waals surface area contributed by atoms with E-state index in [9.17, 15) is 14.0 Å². The van der Waals surface area contributed by atoms with E-state index in [0.29, 0.717) is 15.9 Å². The van der Waals surface area contributed by atoms with Crippen molar-refractivity contribution in [3.05, 3.63) is 88.1 Å². The number of anilines is 1. The molecule has 0 saturated heterocycles. The van der Waals surface area contributed by atoms with Crippen LogP contribution in [0, 0.1) is 5.82 Å². The second kappa shape index (κ2) is 9.23. The molecule has 1 N–H and O–H groups in total. The minimum absolute atomic E-state index is 0.00134. The van der Waals surface area contributed by atoms with Crippen LogP contribution in [0.2, 0.25) is 0 Å². The van der Waals surface area contributed by atoms with Crippen LogP contribution in [0.5, 0.6) is 0 Å². The smallest absolute Gasteiger partial charge is 0.357 e. The first-order valence-electron chi connectivity index (χ1n) is 9.12. The molecule has 156 valence electrons. The molecule has 0 unspecified atom stereocenters. The largest absolute Gasteiger partial charge is 0.451 e. The lowest BCUT2D eigenvalue weighted by atomic mass is 10.3. The number of rotatable bonds is 6. The van der Waals surface area contributed by atoms with Crippen LogP contribution in [0.4, 0.5) is 10.1 Å². The summed E-state index contributed by atoms with van der Waals surface area (Å²) in [7, 11) is 0. The number of carbonyl (C=O) groups is 2. The number of para-hydroxylation sites is 1. The van der Waals surface area contributed by atoms with Crippen LogP contribution in [0.3, 0.4) is 0 Å². The van der Waals surface area contributed by atoms with Gasteiger partial charge in [0.15, 0.2) is 12.3 Å². The zero-order valence-corrected chi connectivity index (χ0v) is 18.3. The summed E-state index contributed by atoms with van der Waals surface area (Å²) >= 11 is 4.65. The average Bonchev–Trinajstić information content (AvgIpc) is 3.45. The second-order valence-corrected chi connectivity index (χ2v) is 8.25. The van der Waals surface area contributed by atoms with E-state index in [0.717, 1.165) is 4.88 Å². The van der Waals surface area contributed by atoms with Crippen molar-refractivity contribution in [1.29, 1.82) is 0 Å². The topological polar surface area (TPSA) is 73.2 Å². The van der Waals surface area contributed by atoms with Gasteiger partial charge < -0.3 is 10.1 Å². The molecule has 0 spiro atoms. The standard InChI is InChI=1S/C22H15BrFN3O3S/c23-14-8-9-17(16(24)11-14)25-21(28)13-30-22(29)19-12-18(20-7-4-10-31-20)26-27(19)15-5-2-1-3-6-15/h1-12H,13H2,(H,25,28). The number of halogens is 2. The molecule has 4 aromatic rings. The molecule has 0 aliphatic rings. The van der Waals surface area contributed by atoms with E-state index in [1.54, 1.807) is 12.1 Å². The third-order valence-electron chi connectivity index (χ3n) is 4.23. The summed E-state index contributed by atoms with van der Waals surface area (Å²) in [5.41, 5.74) is 1.47. The van der Waals surface area contributed by atoms with E-state index in [2.05, 4.69) is 26.3 Å². The number of amides is 1. The minimum atomic E-state index is -0.717. The Morgan fingerprint density at radius 3 is 2.61 bits per heavy atom. The molecular weight excluding hydrogens is 485 g/mol. The van der Waals surface area contributed by atoms with Crippen molar-refractivity contribution < 1.29 is 18.7 Å². The number of nitrogens with one attached hydrogen (secondary N) is 1. The van der Waals surface area contributed by atoms with Gasteiger partial charge in [-0.15, -0.1) is 11.3 Å². The molecule has 6 nitrogen and oxygen atoms in total. The summed E-state index contributed by atoms with van der Waals surface area (Å²) in [6, 6.07) is 18.8. The maximum Gasteiger partial charge on any atom is 0.357 e. The number of aromatic nitrogens is 2. The molecule has 31 heavy (non-hydrogen) atoms. The molecular formula is C22H15BrFN3O3S. The Hall–Kier alpha value is -3.30. The van der Waals surface area contributed by atoms with Gasteiger partial charge in [-0.3, -0.25) is 4.79 Å². The monoisotopic (exact) mass is 499 g/mol. The summed E-state index contributed by atoms with van der Waals surface area (Å²) in [6.45, 7) is -0.567. The molecule has 0 radical (unpaired) electrons. The van der Waals surface area contributed by atoms with Crippen LogP contribution in [0.15, 0.2) is 76.6 Å². The summed E-state index contributed by atoms with van der Waals surface area (Å²) in [6.07, 6.45) is 0. The van der Waals surface area contributed by atoms with E-state index in [1.165, 1.54) is 28.2 Å². The highest BCUT2D eigenvalue weighted by Gasteiger charge is 2.20. The molecule has 2 aromatic heterocycles. The van der Waals surface area contributed by atoms with Crippen LogP contribution >= 0.6 is 27.3 Å². The van der Waals surface area contributed by atoms with Crippen LogP contribution in [0.1, 0.15) is 10.5 Å². The maximum absolute atomic E-state index is 13.9. The molecule has 0 saturated carbocycles. The highest BCUT2D eigenvalue weighted by Crippen LogP contribution is 2.26. The summed E-state index contributed by atoms with van der Waals surface area (Å²) in [5.74, 6) is -1.97. The predicted octanol–water partition coefficient (Wildman–Crippen LogP) is 5.30. The van der Waals surface area contributed by atoms with E-state index < -0.39 is 24.3 Å². The Labute approximate surface area is 189 Å². The lowest BCUT2D eigenvalue weighted by molar-refractivity contribution is -0.119. The van der Waals surface area contributed by atoms with Gasteiger partial charge in [0.05, 0.1) is 16.3 Å². The number of ether oxygens (including phenoxy) is 1. The van der Waals surface area contributed by atoms with Crippen molar-refractivity contribution in [2.24, 2.45) is 0 Å². The quantitative estimate of drug-likeness (QED) is 0.365. The Morgan fingerprint density at radius 2 is 1.90 bits per heavy atom. The van der Waals surface area contributed by atoms with E-state index in [1.807, 2.05) is 47.8 Å². The van der Waals surface area contributed by atoms with Gasteiger partial charge in [0.25, 0.3) is 5.91 Å². The molecule has 2 aromatic carbocycles. The van der Waals surface area contributed by atoms with Gasteiger partial charge in [-0.25, -0.2) is 13.9 Å². The first kappa shape index (κ1) is 21.0. The fourth-order valence-corrected chi connectivity index (χ4v) is 3.83. The van der Waals surface area contributed by atoms with Crippen LogP contribution in [-0.4, -0.2) is 28.3 Å². The van der Waals surface area contributed by atoms with Crippen molar-refractivity contribution in [3.63, 3.8) is 0 Å². The van der Waals surface area contributed by atoms with Crippen molar-refractivity contribution in [2.45, 2.75) is 0 Å². The summed E-state index contributed by atoms with van der Waals surface area (Å²) in [5, 5.41) is 8.83. The Kier molecular flexibility index (Phi) is 6.24. The SMILES string of the molecule is O=C(COC(=O)c1cc(-c2cccs2)nn1-c1ccccc1)Nc1ccc(Br)cc1F. The number of thiophene rings is 1. The summed E-state index contributed by atoms with van der Waals surface area (Å²) < 4.78 is 21.1. The molecule has 9 heteroatoms. The van der Waals surface area contributed by atoms with Gasteiger partial charge in [0.1, 0.15) is 11.5 Å². The van der Waals surface area contributed by atoms with E-state index in [4.69, 9.17) is 4.74 Å². The molecule has 0 atom stereocenters. The number of nitrogens with zero attached hydrogens (tertiary/aromatic N) is 2. The fourth-order valence-electron chi connectivity index (χ4n) is 2.82. The maximum atomic E-state index is 13.9. The molecule has 0 fully saturated rings. The Balaban J connectivity index is 1.51. The number of hydrogen-bond donors (Lipinski definition) is 1. The molecule has 0 aliphatic heterocycles. The van der Waals surface area contributed by atoms with Gasteiger partial charge in [-0.05, 0) is 41.8 Å². The fraction of sp³-hybridized carbons (Fsp3) is 0.0455. The van der Waals surface area contributed by atoms with Crippen molar-refractivity contribution >= 4 is 44.8 Å². The molecule has 1 amide bonds. The predicted molar refractivity (Wildman–Crippen MR) is 120 cm³/mol. The van der Waals surface area contributed by atoms with Gasteiger partial charge in [0.2, 0.25) is 0 Å². The first-order valence-corrected chi connectivity index (χ1v) is 10.8. The second-order valence-electron chi connectivity index (χ2n) is 6.39. The molecule has 0 bridgehead atoms. The Bertz CT molecular complexity index is 1230. The van der Waals surface area contributed by atoms with Crippen molar-refractivity contribution in [1.82, 2.24) is 9.78 Å².